The predicted molar refractivity (Wildman–Crippen MR) is 103 cm³/mol. The molecule has 9 heteroatoms. The lowest BCUT2D eigenvalue weighted by Gasteiger charge is -2.09. The first-order valence-electron chi connectivity index (χ1n) is 8.49. The van der Waals surface area contributed by atoms with Crippen LogP contribution in [0.4, 0.5) is 10.7 Å². The van der Waals surface area contributed by atoms with Gasteiger partial charge in [-0.25, -0.2) is 4.79 Å². The highest BCUT2D eigenvalue weighted by atomic mass is 35.5. The van der Waals surface area contributed by atoms with Crippen LogP contribution in [-0.2, 0) is 17.6 Å². The third kappa shape index (κ3) is 3.96. The van der Waals surface area contributed by atoms with Crippen molar-refractivity contribution in [3.63, 3.8) is 0 Å². The third-order valence-corrected chi connectivity index (χ3v) is 5.63. The summed E-state index contributed by atoms with van der Waals surface area (Å²) in [6.45, 7) is 2.19. The second kappa shape index (κ2) is 8.06. The average Bonchev–Trinajstić information content (AvgIpc) is 3.20. The molecule has 7 nitrogen and oxygen atoms in total. The molecule has 1 amide bonds. The second-order valence-corrected chi connectivity index (χ2v) is 7.61. The molecule has 1 aromatic carbocycles. The number of rotatable bonds is 6. The molecule has 0 fully saturated rings. The van der Waals surface area contributed by atoms with Crippen molar-refractivity contribution in [2.45, 2.75) is 32.6 Å². The van der Waals surface area contributed by atoms with Gasteiger partial charge < -0.3 is 10.1 Å². The van der Waals surface area contributed by atoms with Crippen molar-refractivity contribution in [3.8, 4) is 0 Å². The van der Waals surface area contributed by atoms with Gasteiger partial charge in [0.2, 0.25) is 0 Å². The summed E-state index contributed by atoms with van der Waals surface area (Å²) in [4.78, 5) is 36.8. The molecule has 0 bridgehead atoms. The Morgan fingerprint density at radius 1 is 1.37 bits per heavy atom. The summed E-state index contributed by atoms with van der Waals surface area (Å²) in [7, 11) is 0. The van der Waals surface area contributed by atoms with Gasteiger partial charge in [-0.15, -0.1) is 11.3 Å². The predicted octanol–water partition coefficient (Wildman–Crippen LogP) is 4.62. The van der Waals surface area contributed by atoms with Crippen molar-refractivity contribution in [1.29, 1.82) is 0 Å². The van der Waals surface area contributed by atoms with E-state index in [9.17, 15) is 19.7 Å². The molecule has 0 saturated heterocycles. The average molecular weight is 409 g/mol. The summed E-state index contributed by atoms with van der Waals surface area (Å²) in [6.07, 6.45) is 3.23. The number of ether oxygens (including phenoxy) is 1. The highest BCUT2D eigenvalue weighted by Gasteiger charge is 2.30. The van der Waals surface area contributed by atoms with Gasteiger partial charge in [0.15, 0.2) is 0 Å². The minimum absolute atomic E-state index is 0.120. The molecule has 0 saturated carbocycles. The summed E-state index contributed by atoms with van der Waals surface area (Å²) in [5.41, 5.74) is 0.762. The number of hydrogen-bond acceptors (Lipinski definition) is 6. The van der Waals surface area contributed by atoms with Crippen LogP contribution in [0.5, 0.6) is 0 Å². The standard InChI is InChI=1S/C18H17ClN2O5S/c1-2-8-26-18(23)15-12-4-3-5-14(12)27-17(15)20-16(22)11-7-6-10(19)9-13(11)21(24)25/h6-7,9H,2-5,8H2,1H3,(H,20,22). The van der Waals surface area contributed by atoms with Crippen molar-refractivity contribution in [3.05, 3.63) is 54.9 Å². The normalized spacial score (nSPS) is 12.5. The van der Waals surface area contributed by atoms with Crippen molar-refractivity contribution in [2.24, 2.45) is 0 Å². The molecule has 2 aromatic rings. The summed E-state index contributed by atoms with van der Waals surface area (Å²) < 4.78 is 5.26. The van der Waals surface area contributed by atoms with Gasteiger partial charge in [0.1, 0.15) is 10.6 Å². The summed E-state index contributed by atoms with van der Waals surface area (Å²) in [5.74, 6) is -1.14. The Kier molecular flexibility index (Phi) is 5.76. The van der Waals surface area contributed by atoms with Crippen molar-refractivity contribution >= 4 is 45.5 Å². The van der Waals surface area contributed by atoms with Gasteiger partial charge in [-0.05, 0) is 43.4 Å². The van der Waals surface area contributed by atoms with Crippen molar-refractivity contribution in [2.75, 3.05) is 11.9 Å². The number of fused-ring (bicyclic) bond motifs is 1. The maximum absolute atomic E-state index is 12.7. The summed E-state index contributed by atoms with van der Waals surface area (Å²) in [5, 5.41) is 14.4. The zero-order chi connectivity index (χ0) is 19.6. The van der Waals surface area contributed by atoms with E-state index in [-0.39, 0.29) is 16.3 Å². The lowest BCUT2D eigenvalue weighted by molar-refractivity contribution is -0.385. The van der Waals surface area contributed by atoms with E-state index in [2.05, 4.69) is 5.32 Å². The van der Waals surface area contributed by atoms with E-state index in [1.807, 2.05) is 6.92 Å². The Balaban J connectivity index is 1.93. The molecule has 0 radical (unpaired) electrons. The fourth-order valence-electron chi connectivity index (χ4n) is 2.99. The minimum atomic E-state index is -0.664. The van der Waals surface area contributed by atoms with Crippen LogP contribution in [0, 0.1) is 10.1 Å². The molecule has 1 heterocycles. The number of nitrogens with one attached hydrogen (secondary N) is 1. The van der Waals surface area contributed by atoms with Crippen LogP contribution in [0.1, 0.15) is 50.9 Å². The Morgan fingerprint density at radius 3 is 2.85 bits per heavy atom. The van der Waals surface area contributed by atoms with E-state index in [0.717, 1.165) is 35.8 Å². The Labute approximate surface area is 164 Å². The van der Waals surface area contributed by atoms with Gasteiger partial charge in [-0.1, -0.05) is 18.5 Å². The molecule has 1 aliphatic carbocycles. The summed E-state index contributed by atoms with van der Waals surface area (Å²) in [6, 6.07) is 3.84. The second-order valence-electron chi connectivity index (χ2n) is 6.07. The first-order valence-corrected chi connectivity index (χ1v) is 9.68. The van der Waals surface area contributed by atoms with Crippen molar-refractivity contribution in [1.82, 2.24) is 0 Å². The molecule has 1 aliphatic rings. The number of amides is 1. The zero-order valence-electron chi connectivity index (χ0n) is 14.5. The number of nitro benzene ring substituents is 1. The van der Waals surface area contributed by atoms with Crippen LogP contribution in [0.2, 0.25) is 5.02 Å². The van der Waals surface area contributed by atoms with Gasteiger partial charge in [0, 0.05) is 16.0 Å². The van der Waals surface area contributed by atoms with Gasteiger partial charge in [0.05, 0.1) is 17.1 Å². The Bertz CT molecular complexity index is 925. The molecule has 1 aromatic heterocycles. The van der Waals surface area contributed by atoms with E-state index in [1.165, 1.54) is 23.5 Å². The molecular weight excluding hydrogens is 392 g/mol. The zero-order valence-corrected chi connectivity index (χ0v) is 16.1. The van der Waals surface area contributed by atoms with E-state index < -0.39 is 16.8 Å². The molecule has 3 rings (SSSR count). The largest absolute Gasteiger partial charge is 0.462 e. The number of hydrogen-bond donors (Lipinski definition) is 1. The van der Waals surface area contributed by atoms with Crippen LogP contribution in [0.3, 0.4) is 0 Å². The lowest BCUT2D eigenvalue weighted by atomic mass is 10.1. The lowest BCUT2D eigenvalue weighted by Crippen LogP contribution is -2.16. The molecule has 0 aliphatic heterocycles. The van der Waals surface area contributed by atoms with Crippen LogP contribution in [-0.4, -0.2) is 23.4 Å². The van der Waals surface area contributed by atoms with Gasteiger partial charge in [-0.2, -0.15) is 0 Å². The number of nitrogens with zero attached hydrogens (tertiary/aromatic N) is 1. The van der Waals surface area contributed by atoms with E-state index in [0.29, 0.717) is 23.6 Å². The highest BCUT2D eigenvalue weighted by Crippen LogP contribution is 2.40. The molecular formula is C18H17ClN2O5S. The molecule has 0 atom stereocenters. The number of carbonyl (C=O) groups is 2. The van der Waals surface area contributed by atoms with Crippen molar-refractivity contribution < 1.29 is 19.2 Å². The molecule has 142 valence electrons. The number of halogens is 1. The maximum Gasteiger partial charge on any atom is 0.341 e. The Morgan fingerprint density at radius 2 is 2.15 bits per heavy atom. The third-order valence-electron chi connectivity index (χ3n) is 4.19. The number of nitro groups is 1. The number of aryl methyl sites for hydroxylation is 1. The summed E-state index contributed by atoms with van der Waals surface area (Å²) >= 11 is 7.12. The van der Waals surface area contributed by atoms with Gasteiger partial charge in [0.25, 0.3) is 11.6 Å². The molecule has 27 heavy (non-hydrogen) atoms. The molecule has 1 N–H and O–H groups in total. The monoisotopic (exact) mass is 408 g/mol. The first-order chi connectivity index (χ1) is 12.9. The molecule has 0 spiro atoms. The topological polar surface area (TPSA) is 98.5 Å². The smallest absolute Gasteiger partial charge is 0.341 e. The van der Waals surface area contributed by atoms with Gasteiger partial charge >= 0.3 is 5.97 Å². The van der Waals surface area contributed by atoms with E-state index >= 15 is 0 Å². The maximum atomic E-state index is 12.7. The fraction of sp³-hybridized carbons (Fsp3) is 0.333. The molecule has 0 unspecified atom stereocenters. The first kappa shape index (κ1) is 19.3. The Hall–Kier alpha value is -2.45. The number of esters is 1. The number of carbonyl (C=O) groups excluding carboxylic acids is 2. The number of anilines is 1. The van der Waals surface area contributed by atoms with E-state index in [4.69, 9.17) is 16.3 Å². The van der Waals surface area contributed by atoms with Crippen LogP contribution < -0.4 is 5.32 Å². The highest BCUT2D eigenvalue weighted by molar-refractivity contribution is 7.17. The van der Waals surface area contributed by atoms with Crippen LogP contribution >= 0.6 is 22.9 Å². The number of benzene rings is 1. The van der Waals surface area contributed by atoms with Crippen LogP contribution in [0.15, 0.2) is 18.2 Å². The number of thiophene rings is 1. The van der Waals surface area contributed by atoms with Crippen LogP contribution in [0.25, 0.3) is 0 Å². The minimum Gasteiger partial charge on any atom is -0.462 e. The fourth-order valence-corrected chi connectivity index (χ4v) is 4.43. The quantitative estimate of drug-likeness (QED) is 0.427. The SMILES string of the molecule is CCCOC(=O)c1c(NC(=O)c2ccc(Cl)cc2[N+](=O)[O-])sc2c1CCC2. The van der Waals surface area contributed by atoms with Gasteiger partial charge in [-0.3, -0.25) is 14.9 Å². The van der Waals surface area contributed by atoms with E-state index in [1.54, 1.807) is 0 Å².